The fourth-order valence-electron chi connectivity index (χ4n) is 2.86. The Morgan fingerprint density at radius 1 is 1.07 bits per heavy atom. The third-order valence-electron chi connectivity index (χ3n) is 4.50. The second kappa shape index (κ2) is 8.96. The Morgan fingerprint density at radius 3 is 2.41 bits per heavy atom. The maximum Gasteiger partial charge on any atom is 0.251 e. The normalized spacial score (nSPS) is 11.9. The number of thiazole rings is 1. The van der Waals surface area contributed by atoms with Gasteiger partial charge in [0, 0.05) is 16.5 Å². The van der Waals surface area contributed by atoms with Crippen LogP contribution in [-0.2, 0) is 4.79 Å². The van der Waals surface area contributed by atoms with Crippen LogP contribution in [0.25, 0.3) is 11.3 Å². The van der Waals surface area contributed by atoms with Gasteiger partial charge in [-0.15, -0.1) is 11.3 Å². The zero-order chi connectivity index (χ0) is 21.0. The van der Waals surface area contributed by atoms with E-state index in [0.717, 1.165) is 16.8 Å². The molecule has 0 radical (unpaired) electrons. The first-order chi connectivity index (χ1) is 13.8. The summed E-state index contributed by atoms with van der Waals surface area (Å²) >= 11 is 1.33. The van der Waals surface area contributed by atoms with Gasteiger partial charge in [0.15, 0.2) is 5.13 Å². The number of carbonyl (C=O) groups excluding carboxylic acids is 2. The smallest absolute Gasteiger partial charge is 0.251 e. The van der Waals surface area contributed by atoms with Crippen molar-refractivity contribution in [3.63, 3.8) is 0 Å². The second-order valence-corrected chi connectivity index (χ2v) is 7.90. The van der Waals surface area contributed by atoms with Crippen LogP contribution >= 0.6 is 11.3 Å². The van der Waals surface area contributed by atoms with Crippen molar-refractivity contribution in [3.8, 4) is 11.3 Å². The number of hydrogen-bond donors (Lipinski definition) is 2. The number of nitrogens with one attached hydrogen (secondary N) is 2. The summed E-state index contributed by atoms with van der Waals surface area (Å²) in [6.07, 6.45) is 0. The molecule has 5 nitrogen and oxygen atoms in total. The highest BCUT2D eigenvalue weighted by atomic mass is 32.1. The molecule has 2 N–H and O–H groups in total. The summed E-state index contributed by atoms with van der Waals surface area (Å²) in [4.78, 5) is 29.7. The number of rotatable bonds is 6. The van der Waals surface area contributed by atoms with Crippen LogP contribution < -0.4 is 10.6 Å². The predicted octanol–water partition coefficient (Wildman–Crippen LogP) is 4.65. The monoisotopic (exact) mass is 411 g/mol. The number of nitrogens with zero attached hydrogens (tertiary/aromatic N) is 1. The number of aromatic nitrogens is 1. The molecule has 1 aromatic heterocycles. The highest BCUT2D eigenvalue weighted by Gasteiger charge is 2.25. The van der Waals surface area contributed by atoms with Gasteiger partial charge in [0.2, 0.25) is 5.91 Å². The number of anilines is 1. The second-order valence-electron chi connectivity index (χ2n) is 7.04. The fourth-order valence-corrected chi connectivity index (χ4v) is 3.57. The number of carbonyl (C=O) groups is 2. The molecule has 0 aliphatic heterocycles. The van der Waals surface area contributed by atoms with Crippen LogP contribution in [0.3, 0.4) is 0 Å². The first-order valence-electron chi connectivity index (χ1n) is 9.24. The zero-order valence-electron chi connectivity index (χ0n) is 16.4. The Kier molecular flexibility index (Phi) is 6.39. The van der Waals surface area contributed by atoms with E-state index >= 15 is 0 Å². The van der Waals surface area contributed by atoms with E-state index in [1.165, 1.54) is 35.6 Å². The molecule has 0 bridgehead atoms. The van der Waals surface area contributed by atoms with Crippen LogP contribution in [-0.4, -0.2) is 22.8 Å². The minimum atomic E-state index is -0.752. The molecule has 0 saturated heterocycles. The number of halogens is 1. The first kappa shape index (κ1) is 20.7. The van der Waals surface area contributed by atoms with Gasteiger partial charge < -0.3 is 10.6 Å². The number of hydrogen-bond acceptors (Lipinski definition) is 4. The van der Waals surface area contributed by atoms with E-state index in [-0.39, 0.29) is 11.8 Å². The van der Waals surface area contributed by atoms with Crippen molar-refractivity contribution in [2.24, 2.45) is 5.92 Å². The Morgan fingerprint density at radius 2 is 1.76 bits per heavy atom. The maximum absolute atomic E-state index is 13.1. The molecule has 2 amide bonds. The maximum atomic E-state index is 13.1. The van der Waals surface area contributed by atoms with Crippen LogP contribution in [0.5, 0.6) is 0 Å². The van der Waals surface area contributed by atoms with Crippen LogP contribution in [0.1, 0.15) is 29.8 Å². The average molecular weight is 412 g/mol. The molecule has 0 saturated carbocycles. The quantitative estimate of drug-likeness (QED) is 0.620. The van der Waals surface area contributed by atoms with Gasteiger partial charge in [-0.25, -0.2) is 9.37 Å². The van der Waals surface area contributed by atoms with Crippen molar-refractivity contribution >= 4 is 28.3 Å². The lowest BCUT2D eigenvalue weighted by Gasteiger charge is -2.21. The summed E-state index contributed by atoms with van der Waals surface area (Å²) in [5.74, 6) is -1.34. The summed E-state index contributed by atoms with van der Waals surface area (Å²) in [5, 5.41) is 7.87. The summed E-state index contributed by atoms with van der Waals surface area (Å²) in [6.45, 7) is 5.69. The molecule has 0 aliphatic rings. The van der Waals surface area contributed by atoms with Crippen molar-refractivity contribution in [3.05, 3.63) is 70.9 Å². The van der Waals surface area contributed by atoms with Gasteiger partial charge in [-0.1, -0.05) is 38.1 Å². The molecule has 1 unspecified atom stereocenters. The van der Waals surface area contributed by atoms with Gasteiger partial charge in [-0.3, -0.25) is 9.59 Å². The van der Waals surface area contributed by atoms with Gasteiger partial charge >= 0.3 is 0 Å². The van der Waals surface area contributed by atoms with Gasteiger partial charge in [-0.05, 0) is 42.7 Å². The highest BCUT2D eigenvalue weighted by Crippen LogP contribution is 2.27. The van der Waals surface area contributed by atoms with Crippen molar-refractivity contribution in [2.45, 2.75) is 26.8 Å². The third kappa shape index (κ3) is 5.06. The van der Waals surface area contributed by atoms with Gasteiger partial charge in [0.25, 0.3) is 5.91 Å². The van der Waals surface area contributed by atoms with Crippen LogP contribution in [0.4, 0.5) is 9.52 Å². The SMILES string of the molecule is Cc1ccccc1-c1csc(NC(=O)C(NC(=O)c2ccc(F)cc2)C(C)C)n1. The minimum absolute atomic E-state index is 0.143. The van der Waals surface area contributed by atoms with Gasteiger partial charge in [-0.2, -0.15) is 0 Å². The molecular formula is C22H22FN3O2S. The van der Waals surface area contributed by atoms with Crippen molar-refractivity contribution in [2.75, 3.05) is 5.32 Å². The molecule has 7 heteroatoms. The fraction of sp³-hybridized carbons (Fsp3) is 0.227. The molecule has 0 aliphatic carbocycles. The molecule has 3 aromatic rings. The lowest BCUT2D eigenvalue weighted by molar-refractivity contribution is -0.118. The van der Waals surface area contributed by atoms with E-state index in [0.29, 0.717) is 10.7 Å². The summed E-state index contributed by atoms with van der Waals surface area (Å²) < 4.78 is 13.1. The van der Waals surface area contributed by atoms with E-state index in [9.17, 15) is 14.0 Å². The third-order valence-corrected chi connectivity index (χ3v) is 5.26. The van der Waals surface area contributed by atoms with E-state index in [2.05, 4.69) is 15.6 Å². The summed E-state index contributed by atoms with van der Waals surface area (Å²) in [5.41, 5.74) is 3.19. The van der Waals surface area contributed by atoms with E-state index < -0.39 is 17.8 Å². The minimum Gasteiger partial charge on any atom is -0.340 e. The Hall–Kier alpha value is -3.06. The largest absolute Gasteiger partial charge is 0.340 e. The molecule has 2 aromatic carbocycles. The molecule has 1 atom stereocenters. The Labute approximate surface area is 173 Å². The zero-order valence-corrected chi connectivity index (χ0v) is 17.2. The lowest BCUT2D eigenvalue weighted by Crippen LogP contribution is -2.47. The molecule has 150 valence electrons. The molecule has 3 rings (SSSR count). The van der Waals surface area contributed by atoms with E-state index in [4.69, 9.17) is 0 Å². The standard InChI is InChI=1S/C22H22FN3O2S/c1-13(2)19(25-20(27)15-8-10-16(23)11-9-15)21(28)26-22-24-18(12-29-22)17-7-5-4-6-14(17)3/h4-13,19H,1-3H3,(H,25,27)(H,24,26,28). The molecule has 0 fully saturated rings. The number of benzene rings is 2. The number of aryl methyl sites for hydroxylation is 1. The van der Waals surface area contributed by atoms with Crippen LogP contribution in [0, 0.1) is 18.7 Å². The van der Waals surface area contributed by atoms with Crippen molar-refractivity contribution < 1.29 is 14.0 Å². The summed E-state index contributed by atoms with van der Waals surface area (Å²) in [7, 11) is 0. The predicted molar refractivity (Wildman–Crippen MR) is 113 cm³/mol. The van der Waals surface area contributed by atoms with Gasteiger partial charge in [0.05, 0.1) is 5.69 Å². The summed E-state index contributed by atoms with van der Waals surface area (Å²) in [6, 6.07) is 12.3. The average Bonchev–Trinajstić information content (AvgIpc) is 3.14. The van der Waals surface area contributed by atoms with Crippen molar-refractivity contribution in [1.82, 2.24) is 10.3 Å². The highest BCUT2D eigenvalue weighted by molar-refractivity contribution is 7.14. The van der Waals surface area contributed by atoms with Crippen LogP contribution in [0.2, 0.25) is 0 Å². The molecule has 0 spiro atoms. The molecular weight excluding hydrogens is 389 g/mol. The van der Waals surface area contributed by atoms with Gasteiger partial charge in [0.1, 0.15) is 11.9 Å². The molecule has 1 heterocycles. The van der Waals surface area contributed by atoms with E-state index in [1.54, 1.807) is 0 Å². The molecule has 29 heavy (non-hydrogen) atoms. The first-order valence-corrected chi connectivity index (χ1v) is 10.1. The number of amides is 2. The Balaban J connectivity index is 1.71. The topological polar surface area (TPSA) is 71.1 Å². The van der Waals surface area contributed by atoms with Crippen molar-refractivity contribution in [1.29, 1.82) is 0 Å². The lowest BCUT2D eigenvalue weighted by atomic mass is 10.0. The Bertz CT molecular complexity index is 1010. The van der Waals surface area contributed by atoms with Crippen LogP contribution in [0.15, 0.2) is 53.9 Å². The van der Waals surface area contributed by atoms with E-state index in [1.807, 2.05) is 50.4 Å².